The van der Waals surface area contributed by atoms with Gasteiger partial charge in [-0.2, -0.15) is 0 Å². The lowest BCUT2D eigenvalue weighted by molar-refractivity contribution is 0.186. The number of carbonyl (C=O) groups is 1. The fourth-order valence-corrected chi connectivity index (χ4v) is 1.88. The van der Waals surface area contributed by atoms with Crippen molar-refractivity contribution < 1.29 is 14.4 Å². The van der Waals surface area contributed by atoms with Gasteiger partial charge in [0.25, 0.3) is 0 Å². The number of aliphatic hydroxyl groups is 1. The molecular weight excluding hydrogens is 234 g/mol. The van der Waals surface area contributed by atoms with E-state index in [1.165, 1.54) is 4.90 Å². The van der Waals surface area contributed by atoms with Gasteiger partial charge in [0, 0.05) is 19.2 Å². The highest BCUT2D eigenvalue weighted by Crippen LogP contribution is 2.23. The summed E-state index contributed by atoms with van der Waals surface area (Å²) in [5.74, 6) is 0.726. The zero-order valence-corrected chi connectivity index (χ0v) is 11.4. The normalized spacial score (nSPS) is 12.3. The number of aryl methyl sites for hydroxylation is 2. The summed E-state index contributed by atoms with van der Waals surface area (Å²) in [6, 6.07) is -0.333. The second-order valence-corrected chi connectivity index (χ2v) is 4.29. The number of aliphatic hydroxyl groups excluding tert-OH is 1. The molecule has 0 aromatic carbocycles. The first-order chi connectivity index (χ1) is 8.51. The molecule has 0 fully saturated rings. The molecule has 1 aromatic rings. The van der Waals surface area contributed by atoms with Crippen molar-refractivity contribution in [2.75, 3.05) is 20.2 Å². The molecule has 0 aliphatic heterocycles. The van der Waals surface area contributed by atoms with Crippen molar-refractivity contribution in [1.82, 2.24) is 15.4 Å². The summed E-state index contributed by atoms with van der Waals surface area (Å²) in [6.45, 7) is 5.94. The van der Waals surface area contributed by atoms with E-state index in [2.05, 4.69) is 10.5 Å². The standard InChI is InChI=1S/C12H21N3O3/c1-5-10(11-8(2)14-18-9(11)3)13-12(17)15(4)6-7-16/h10,16H,5-7H2,1-4H3,(H,13,17). The van der Waals surface area contributed by atoms with E-state index in [0.29, 0.717) is 6.54 Å². The van der Waals surface area contributed by atoms with E-state index >= 15 is 0 Å². The van der Waals surface area contributed by atoms with Crippen LogP contribution in [0.1, 0.15) is 36.4 Å². The van der Waals surface area contributed by atoms with Gasteiger partial charge in [0.05, 0.1) is 18.3 Å². The van der Waals surface area contributed by atoms with Crippen molar-refractivity contribution >= 4 is 6.03 Å². The highest BCUT2D eigenvalue weighted by molar-refractivity contribution is 5.74. The molecule has 6 heteroatoms. The molecule has 0 radical (unpaired) electrons. The van der Waals surface area contributed by atoms with Gasteiger partial charge in [-0.25, -0.2) is 4.79 Å². The lowest BCUT2D eigenvalue weighted by Gasteiger charge is -2.22. The molecule has 6 nitrogen and oxygen atoms in total. The molecule has 0 saturated heterocycles. The molecule has 1 rings (SSSR count). The average molecular weight is 255 g/mol. The molecule has 1 aromatic heterocycles. The molecule has 0 aliphatic carbocycles. The summed E-state index contributed by atoms with van der Waals surface area (Å²) in [7, 11) is 1.64. The van der Waals surface area contributed by atoms with Crippen LogP contribution in [0.5, 0.6) is 0 Å². The van der Waals surface area contributed by atoms with E-state index in [9.17, 15) is 4.79 Å². The van der Waals surface area contributed by atoms with Crippen LogP contribution in [0.4, 0.5) is 4.79 Å². The Morgan fingerprint density at radius 3 is 2.67 bits per heavy atom. The zero-order chi connectivity index (χ0) is 13.7. The van der Waals surface area contributed by atoms with Crippen molar-refractivity contribution in [2.24, 2.45) is 0 Å². The van der Waals surface area contributed by atoms with E-state index in [0.717, 1.165) is 23.4 Å². The lowest BCUT2D eigenvalue weighted by atomic mass is 10.0. The minimum absolute atomic E-state index is 0.0496. The molecule has 18 heavy (non-hydrogen) atoms. The maximum atomic E-state index is 11.9. The van der Waals surface area contributed by atoms with E-state index in [4.69, 9.17) is 9.63 Å². The van der Waals surface area contributed by atoms with Crippen molar-refractivity contribution in [2.45, 2.75) is 33.2 Å². The van der Waals surface area contributed by atoms with Crippen LogP contribution in [-0.2, 0) is 0 Å². The monoisotopic (exact) mass is 255 g/mol. The molecule has 2 N–H and O–H groups in total. The van der Waals surface area contributed by atoms with Crippen LogP contribution in [-0.4, -0.2) is 41.4 Å². The van der Waals surface area contributed by atoms with E-state index in [1.807, 2.05) is 20.8 Å². The summed E-state index contributed by atoms with van der Waals surface area (Å²) < 4.78 is 5.11. The predicted octanol–water partition coefficient (Wildman–Crippen LogP) is 1.38. The van der Waals surface area contributed by atoms with Crippen LogP contribution in [0.15, 0.2) is 4.52 Å². The largest absolute Gasteiger partial charge is 0.395 e. The number of hydrogen-bond acceptors (Lipinski definition) is 4. The maximum Gasteiger partial charge on any atom is 0.317 e. The highest BCUT2D eigenvalue weighted by atomic mass is 16.5. The molecule has 2 amide bonds. The van der Waals surface area contributed by atoms with Crippen LogP contribution < -0.4 is 5.32 Å². The summed E-state index contributed by atoms with van der Waals surface area (Å²) in [5.41, 5.74) is 1.73. The third kappa shape index (κ3) is 3.22. The predicted molar refractivity (Wildman–Crippen MR) is 67.3 cm³/mol. The number of urea groups is 1. The second-order valence-electron chi connectivity index (χ2n) is 4.29. The number of rotatable bonds is 5. The number of nitrogens with one attached hydrogen (secondary N) is 1. The highest BCUT2D eigenvalue weighted by Gasteiger charge is 2.21. The molecule has 1 atom stereocenters. The van der Waals surface area contributed by atoms with Gasteiger partial charge in [0.1, 0.15) is 5.76 Å². The van der Waals surface area contributed by atoms with Crippen molar-refractivity contribution in [1.29, 1.82) is 0 Å². The fourth-order valence-electron chi connectivity index (χ4n) is 1.88. The van der Waals surface area contributed by atoms with Crippen molar-refractivity contribution in [3.8, 4) is 0 Å². The van der Waals surface area contributed by atoms with Crippen LogP contribution in [0.3, 0.4) is 0 Å². The van der Waals surface area contributed by atoms with Crippen LogP contribution in [0, 0.1) is 13.8 Å². The number of carbonyl (C=O) groups excluding carboxylic acids is 1. The number of aromatic nitrogens is 1. The van der Waals surface area contributed by atoms with Crippen LogP contribution >= 0.6 is 0 Å². The Morgan fingerprint density at radius 1 is 1.56 bits per heavy atom. The SMILES string of the molecule is CCC(NC(=O)N(C)CCO)c1c(C)noc1C. The van der Waals surface area contributed by atoms with Gasteiger partial charge in [-0.1, -0.05) is 12.1 Å². The molecule has 102 valence electrons. The molecular formula is C12H21N3O3. The first-order valence-electron chi connectivity index (χ1n) is 6.06. The first kappa shape index (κ1) is 14.5. The summed E-state index contributed by atoms with van der Waals surface area (Å²) >= 11 is 0. The zero-order valence-electron chi connectivity index (χ0n) is 11.4. The number of amides is 2. The Balaban J connectivity index is 2.77. The van der Waals surface area contributed by atoms with E-state index < -0.39 is 0 Å². The van der Waals surface area contributed by atoms with Crippen LogP contribution in [0.25, 0.3) is 0 Å². The first-order valence-corrected chi connectivity index (χ1v) is 6.06. The van der Waals surface area contributed by atoms with Gasteiger partial charge in [0.15, 0.2) is 0 Å². The molecule has 1 heterocycles. The molecule has 0 bridgehead atoms. The smallest absolute Gasteiger partial charge is 0.317 e. The maximum absolute atomic E-state index is 11.9. The van der Waals surface area contributed by atoms with Gasteiger partial charge in [-0.3, -0.25) is 0 Å². The Labute approximate surface area is 107 Å². The summed E-state index contributed by atoms with van der Waals surface area (Å²) in [5, 5.41) is 15.6. The number of hydrogen-bond donors (Lipinski definition) is 2. The van der Waals surface area contributed by atoms with Crippen molar-refractivity contribution in [3.63, 3.8) is 0 Å². The summed E-state index contributed by atoms with van der Waals surface area (Å²) in [4.78, 5) is 13.3. The van der Waals surface area contributed by atoms with Crippen molar-refractivity contribution in [3.05, 3.63) is 17.0 Å². The van der Waals surface area contributed by atoms with E-state index in [-0.39, 0.29) is 18.7 Å². The topological polar surface area (TPSA) is 78.6 Å². The van der Waals surface area contributed by atoms with E-state index in [1.54, 1.807) is 7.05 Å². The molecule has 0 spiro atoms. The Morgan fingerprint density at radius 2 is 2.22 bits per heavy atom. The number of nitrogens with zero attached hydrogens (tertiary/aromatic N) is 2. The average Bonchev–Trinajstić information content (AvgIpc) is 2.66. The summed E-state index contributed by atoms with van der Waals surface area (Å²) in [6.07, 6.45) is 0.752. The van der Waals surface area contributed by atoms with Gasteiger partial charge in [-0.15, -0.1) is 0 Å². The lowest BCUT2D eigenvalue weighted by Crippen LogP contribution is -2.40. The third-order valence-electron chi connectivity index (χ3n) is 2.93. The minimum atomic E-state index is -0.212. The molecule has 1 unspecified atom stereocenters. The van der Waals surface area contributed by atoms with Gasteiger partial charge in [0.2, 0.25) is 0 Å². The van der Waals surface area contributed by atoms with Crippen LogP contribution in [0.2, 0.25) is 0 Å². The Hall–Kier alpha value is -1.56. The Bertz CT molecular complexity index is 384. The van der Waals surface area contributed by atoms with Gasteiger partial charge in [-0.05, 0) is 20.3 Å². The second kappa shape index (κ2) is 6.39. The minimum Gasteiger partial charge on any atom is -0.395 e. The molecule has 0 aliphatic rings. The van der Waals surface area contributed by atoms with Gasteiger partial charge >= 0.3 is 6.03 Å². The van der Waals surface area contributed by atoms with Gasteiger partial charge < -0.3 is 19.8 Å². The quantitative estimate of drug-likeness (QED) is 0.833. The number of likely N-dealkylation sites (N-methyl/N-ethyl adjacent to an activating group) is 1. The molecule has 0 saturated carbocycles. The third-order valence-corrected chi connectivity index (χ3v) is 2.93. The Kier molecular flexibility index (Phi) is 5.15. The fraction of sp³-hybridized carbons (Fsp3) is 0.667.